The molecular weight excluding hydrogens is 168 g/mol. The second-order valence-electron chi connectivity index (χ2n) is 3.44. The SMILES string of the molecule is C/C=C\[C@@H]1CCC(S)[C@H](OC)C1. The number of hydrogen-bond donors (Lipinski definition) is 1. The molecule has 0 saturated heterocycles. The lowest BCUT2D eigenvalue weighted by atomic mass is 9.86. The van der Waals surface area contributed by atoms with Crippen LogP contribution in [0.5, 0.6) is 0 Å². The molecule has 1 saturated carbocycles. The van der Waals surface area contributed by atoms with Gasteiger partial charge in [0.15, 0.2) is 0 Å². The van der Waals surface area contributed by atoms with Gasteiger partial charge in [-0.15, -0.1) is 0 Å². The third-order valence-corrected chi connectivity index (χ3v) is 3.16. The summed E-state index contributed by atoms with van der Waals surface area (Å²) in [6, 6.07) is 0. The Labute approximate surface area is 80.6 Å². The standard InChI is InChI=1S/C10H18OS/c1-3-4-8-5-6-10(12)9(7-8)11-2/h3-4,8-10,12H,5-7H2,1-2H3/b4-3-/t8-,9-,10?/m1/s1. The molecule has 3 atom stereocenters. The van der Waals surface area contributed by atoms with Gasteiger partial charge in [-0.2, -0.15) is 12.6 Å². The van der Waals surface area contributed by atoms with Crippen LogP contribution >= 0.6 is 12.6 Å². The van der Waals surface area contributed by atoms with Crippen LogP contribution in [0.2, 0.25) is 0 Å². The van der Waals surface area contributed by atoms with E-state index in [1.165, 1.54) is 12.8 Å². The van der Waals surface area contributed by atoms with Gasteiger partial charge in [0.1, 0.15) is 0 Å². The van der Waals surface area contributed by atoms with Crippen LogP contribution in [0, 0.1) is 5.92 Å². The zero-order chi connectivity index (χ0) is 8.97. The lowest BCUT2D eigenvalue weighted by molar-refractivity contribution is 0.0648. The van der Waals surface area contributed by atoms with Gasteiger partial charge in [-0.3, -0.25) is 0 Å². The first-order chi connectivity index (χ1) is 5.77. The van der Waals surface area contributed by atoms with Gasteiger partial charge >= 0.3 is 0 Å². The Kier molecular flexibility index (Phi) is 4.16. The van der Waals surface area contributed by atoms with E-state index in [1.54, 1.807) is 7.11 Å². The highest BCUT2D eigenvalue weighted by Gasteiger charge is 2.26. The van der Waals surface area contributed by atoms with Crippen molar-refractivity contribution in [3.8, 4) is 0 Å². The fourth-order valence-electron chi connectivity index (χ4n) is 1.84. The van der Waals surface area contributed by atoms with Gasteiger partial charge in [0.2, 0.25) is 0 Å². The molecule has 0 aliphatic heterocycles. The van der Waals surface area contributed by atoms with Gasteiger partial charge in [0.05, 0.1) is 6.10 Å². The minimum atomic E-state index is 0.350. The Hall–Kier alpha value is 0.0500. The first-order valence-electron chi connectivity index (χ1n) is 4.61. The van der Waals surface area contributed by atoms with Gasteiger partial charge < -0.3 is 4.74 Å². The molecule has 70 valence electrons. The number of methoxy groups -OCH3 is 1. The van der Waals surface area contributed by atoms with E-state index >= 15 is 0 Å². The van der Waals surface area contributed by atoms with E-state index in [2.05, 4.69) is 31.7 Å². The van der Waals surface area contributed by atoms with Crippen LogP contribution in [0.4, 0.5) is 0 Å². The van der Waals surface area contributed by atoms with Crippen molar-refractivity contribution in [2.75, 3.05) is 7.11 Å². The molecule has 0 spiro atoms. The lowest BCUT2D eigenvalue weighted by Gasteiger charge is -2.31. The third kappa shape index (κ3) is 2.53. The summed E-state index contributed by atoms with van der Waals surface area (Å²) in [5.41, 5.74) is 0. The Balaban J connectivity index is 2.43. The molecule has 0 bridgehead atoms. The van der Waals surface area contributed by atoms with Crippen molar-refractivity contribution in [3.05, 3.63) is 12.2 Å². The molecule has 2 heteroatoms. The van der Waals surface area contributed by atoms with Gasteiger partial charge in [-0.05, 0) is 32.1 Å². The molecule has 0 heterocycles. The Morgan fingerprint density at radius 2 is 2.17 bits per heavy atom. The second-order valence-corrected chi connectivity index (χ2v) is 4.10. The summed E-state index contributed by atoms with van der Waals surface area (Å²) in [4.78, 5) is 0. The third-order valence-electron chi connectivity index (χ3n) is 2.56. The minimum Gasteiger partial charge on any atom is -0.380 e. The Morgan fingerprint density at radius 1 is 1.42 bits per heavy atom. The smallest absolute Gasteiger partial charge is 0.0692 e. The number of rotatable bonds is 2. The van der Waals surface area contributed by atoms with Gasteiger partial charge in [-0.25, -0.2) is 0 Å². The quantitative estimate of drug-likeness (QED) is 0.515. The highest BCUT2D eigenvalue weighted by Crippen LogP contribution is 2.30. The highest BCUT2D eigenvalue weighted by molar-refractivity contribution is 7.81. The van der Waals surface area contributed by atoms with Crippen molar-refractivity contribution >= 4 is 12.6 Å². The van der Waals surface area contributed by atoms with E-state index in [4.69, 9.17) is 4.74 Å². The Morgan fingerprint density at radius 3 is 2.75 bits per heavy atom. The predicted octanol–water partition coefficient (Wildman–Crippen LogP) is 2.68. The van der Waals surface area contributed by atoms with Crippen LogP contribution in [0.25, 0.3) is 0 Å². The molecule has 1 fully saturated rings. The maximum Gasteiger partial charge on any atom is 0.0692 e. The zero-order valence-corrected chi connectivity index (χ0v) is 8.76. The highest BCUT2D eigenvalue weighted by atomic mass is 32.1. The summed E-state index contributed by atoms with van der Waals surface area (Å²) < 4.78 is 5.37. The molecule has 0 radical (unpaired) electrons. The monoisotopic (exact) mass is 186 g/mol. The van der Waals surface area contributed by atoms with E-state index in [-0.39, 0.29) is 0 Å². The molecule has 0 aromatic carbocycles. The van der Waals surface area contributed by atoms with Crippen LogP contribution in [0.3, 0.4) is 0 Å². The van der Waals surface area contributed by atoms with E-state index in [0.717, 1.165) is 6.42 Å². The molecule has 0 amide bonds. The van der Waals surface area contributed by atoms with Gasteiger partial charge in [0, 0.05) is 12.4 Å². The van der Waals surface area contributed by atoms with Crippen molar-refractivity contribution in [2.24, 2.45) is 5.92 Å². The van der Waals surface area contributed by atoms with Crippen molar-refractivity contribution in [3.63, 3.8) is 0 Å². The van der Waals surface area contributed by atoms with Crippen molar-refractivity contribution in [1.82, 2.24) is 0 Å². The summed E-state index contributed by atoms with van der Waals surface area (Å²) in [5, 5.41) is 0.441. The predicted molar refractivity (Wildman–Crippen MR) is 55.7 cm³/mol. The summed E-state index contributed by atoms with van der Waals surface area (Å²) in [6.07, 6.45) is 8.34. The molecule has 1 aliphatic carbocycles. The molecule has 1 unspecified atom stereocenters. The topological polar surface area (TPSA) is 9.23 Å². The minimum absolute atomic E-state index is 0.350. The first-order valence-corrected chi connectivity index (χ1v) is 5.13. The average molecular weight is 186 g/mol. The van der Waals surface area contributed by atoms with Crippen LogP contribution in [0.1, 0.15) is 26.2 Å². The van der Waals surface area contributed by atoms with E-state index in [1.807, 2.05) is 0 Å². The summed E-state index contributed by atoms with van der Waals surface area (Å²) in [7, 11) is 1.78. The number of ether oxygens (including phenoxy) is 1. The van der Waals surface area contributed by atoms with Crippen molar-refractivity contribution < 1.29 is 4.74 Å². The fourth-order valence-corrected chi connectivity index (χ4v) is 2.24. The van der Waals surface area contributed by atoms with Crippen molar-refractivity contribution in [1.29, 1.82) is 0 Å². The Bertz CT molecular complexity index is 156. The molecule has 1 rings (SSSR count). The zero-order valence-electron chi connectivity index (χ0n) is 7.86. The van der Waals surface area contributed by atoms with Crippen LogP contribution in [-0.2, 0) is 4.74 Å². The summed E-state index contributed by atoms with van der Waals surface area (Å²) in [6.45, 7) is 2.08. The molecule has 0 N–H and O–H groups in total. The molecule has 12 heavy (non-hydrogen) atoms. The second kappa shape index (κ2) is 4.93. The van der Waals surface area contributed by atoms with Crippen LogP contribution in [-0.4, -0.2) is 18.5 Å². The summed E-state index contributed by atoms with van der Waals surface area (Å²) in [5.74, 6) is 0.711. The number of thiol groups is 1. The number of hydrogen-bond acceptors (Lipinski definition) is 2. The maximum absolute atomic E-state index is 5.37. The summed E-state index contributed by atoms with van der Waals surface area (Å²) >= 11 is 4.50. The van der Waals surface area contributed by atoms with Gasteiger partial charge in [-0.1, -0.05) is 12.2 Å². The first kappa shape index (κ1) is 10.1. The van der Waals surface area contributed by atoms with Crippen LogP contribution < -0.4 is 0 Å². The van der Waals surface area contributed by atoms with E-state index < -0.39 is 0 Å². The largest absolute Gasteiger partial charge is 0.380 e. The normalized spacial score (nSPS) is 37.4. The van der Waals surface area contributed by atoms with E-state index in [0.29, 0.717) is 17.3 Å². The lowest BCUT2D eigenvalue weighted by Crippen LogP contribution is -2.31. The molecule has 1 aliphatic rings. The fraction of sp³-hybridized carbons (Fsp3) is 0.800. The van der Waals surface area contributed by atoms with Crippen molar-refractivity contribution in [2.45, 2.75) is 37.5 Å². The maximum atomic E-state index is 5.37. The average Bonchev–Trinajstić information content (AvgIpc) is 2.09. The molecule has 1 nitrogen and oxygen atoms in total. The van der Waals surface area contributed by atoms with Gasteiger partial charge in [0.25, 0.3) is 0 Å². The molecule has 0 aromatic rings. The molecule has 0 aromatic heterocycles. The van der Waals surface area contributed by atoms with Crippen LogP contribution in [0.15, 0.2) is 12.2 Å². The van der Waals surface area contributed by atoms with E-state index in [9.17, 15) is 0 Å². The molecular formula is C10H18OS. The number of allylic oxidation sites excluding steroid dienone is 2.